The zero-order valence-corrected chi connectivity index (χ0v) is 22.1. The number of aromatic nitrogens is 2. The van der Waals surface area contributed by atoms with Gasteiger partial charge in [-0.05, 0) is 36.1 Å². The summed E-state index contributed by atoms with van der Waals surface area (Å²) in [7, 11) is 0. The highest BCUT2D eigenvalue weighted by Gasteiger charge is 2.33. The second kappa shape index (κ2) is 11.9. The zero-order chi connectivity index (χ0) is 25.6. The van der Waals surface area contributed by atoms with Crippen LogP contribution in [0.5, 0.6) is 0 Å². The van der Waals surface area contributed by atoms with Crippen molar-refractivity contribution in [2.75, 3.05) is 0 Å². The molecule has 0 bridgehead atoms. The molecule has 0 aliphatic carbocycles. The number of nitrogens with two attached hydrogens (primary N) is 1. The number of nitrogens with one attached hydrogen (secondary N) is 1. The lowest BCUT2D eigenvalue weighted by Gasteiger charge is -2.26. The highest BCUT2D eigenvalue weighted by atomic mass is 32.2. The van der Waals surface area contributed by atoms with Gasteiger partial charge in [-0.1, -0.05) is 64.1 Å². The number of thiazole rings is 1. The predicted octanol–water partition coefficient (Wildman–Crippen LogP) is 4.69. The summed E-state index contributed by atoms with van der Waals surface area (Å²) in [5, 5.41) is 14.2. The van der Waals surface area contributed by atoms with E-state index in [1.165, 1.54) is 23.1 Å². The average Bonchev–Trinajstić information content (AvgIpc) is 3.27. The number of hydrogen-bond donors (Lipinski definition) is 3. The van der Waals surface area contributed by atoms with Gasteiger partial charge >= 0.3 is 0 Å². The molecule has 0 fully saturated rings. The molecular formula is C26H32N4O3S2. The summed E-state index contributed by atoms with van der Waals surface area (Å²) < 4.78 is 0. The van der Waals surface area contributed by atoms with Gasteiger partial charge in [0.2, 0.25) is 11.7 Å². The lowest BCUT2D eigenvalue weighted by atomic mass is 9.88. The van der Waals surface area contributed by atoms with E-state index in [-0.39, 0.29) is 17.3 Å². The van der Waals surface area contributed by atoms with Crippen LogP contribution >= 0.6 is 23.1 Å². The number of ketones is 1. The fraction of sp³-hybridized carbons (Fsp3) is 0.385. The number of Topliss-reactive ketones (excluding diaryl/α,β-unsaturated/α-hetero) is 1. The van der Waals surface area contributed by atoms with Crippen molar-refractivity contribution in [3.05, 3.63) is 59.4 Å². The number of rotatable bonds is 10. The number of amides is 1. The first-order valence-electron chi connectivity index (χ1n) is 11.6. The maximum absolute atomic E-state index is 13.4. The van der Waals surface area contributed by atoms with E-state index in [2.05, 4.69) is 15.3 Å². The van der Waals surface area contributed by atoms with Crippen molar-refractivity contribution < 1.29 is 14.7 Å². The summed E-state index contributed by atoms with van der Waals surface area (Å²) in [6, 6.07) is 12.9. The monoisotopic (exact) mass is 512 g/mol. The smallest absolute Gasteiger partial charge is 0.249 e. The summed E-state index contributed by atoms with van der Waals surface area (Å²) in [5.41, 5.74) is 6.84. The molecule has 9 heteroatoms. The first kappa shape index (κ1) is 27.0. The standard InChI is InChI=1S/C26H32N4O3S2/c1-5-10-18(29-23(33)22(32)26(2,3)4)20(31)25-30-19(15-27)21(35-25)17-13-9-14-28-24(17)34-16-11-7-6-8-12-16/h6-9,11-14,18,22,32H,5,10,15,27H2,1-4H3,(H,29,33)/t18-,22+/m0/s1. The number of carbonyl (C=O) groups is 2. The second-order valence-electron chi connectivity index (χ2n) is 9.25. The minimum absolute atomic E-state index is 0.164. The molecule has 0 aliphatic rings. The molecule has 0 aliphatic heterocycles. The van der Waals surface area contributed by atoms with Crippen LogP contribution in [-0.4, -0.2) is 38.9 Å². The quantitative estimate of drug-likeness (QED) is 0.337. The summed E-state index contributed by atoms with van der Waals surface area (Å²) in [4.78, 5) is 37.0. The Hall–Kier alpha value is -2.59. The van der Waals surface area contributed by atoms with Crippen LogP contribution in [0.15, 0.2) is 58.6 Å². The maximum atomic E-state index is 13.4. The Labute approximate surface area is 214 Å². The number of pyridine rings is 1. The van der Waals surface area contributed by atoms with Crippen LogP contribution in [0.1, 0.15) is 56.0 Å². The molecule has 2 aromatic heterocycles. The molecule has 0 unspecified atom stereocenters. The first-order valence-corrected chi connectivity index (χ1v) is 13.2. The normalized spacial score (nSPS) is 13.3. The topological polar surface area (TPSA) is 118 Å². The molecule has 0 saturated carbocycles. The molecule has 35 heavy (non-hydrogen) atoms. The van der Waals surface area contributed by atoms with Gasteiger partial charge in [-0.25, -0.2) is 9.97 Å². The fourth-order valence-corrected chi connectivity index (χ4v) is 5.49. The van der Waals surface area contributed by atoms with Crippen molar-refractivity contribution in [2.45, 2.75) is 69.1 Å². The highest BCUT2D eigenvalue weighted by Crippen LogP contribution is 2.39. The van der Waals surface area contributed by atoms with Gasteiger partial charge < -0.3 is 16.2 Å². The van der Waals surface area contributed by atoms with E-state index in [4.69, 9.17) is 5.73 Å². The van der Waals surface area contributed by atoms with Crippen molar-refractivity contribution in [2.24, 2.45) is 11.1 Å². The van der Waals surface area contributed by atoms with Crippen molar-refractivity contribution >= 4 is 34.8 Å². The van der Waals surface area contributed by atoms with Crippen molar-refractivity contribution in [3.8, 4) is 10.4 Å². The Morgan fingerprint density at radius 3 is 2.51 bits per heavy atom. The van der Waals surface area contributed by atoms with Gasteiger partial charge in [-0.15, -0.1) is 11.3 Å². The number of nitrogens with zero attached hydrogens (tertiary/aromatic N) is 2. The molecule has 0 radical (unpaired) electrons. The van der Waals surface area contributed by atoms with E-state index in [9.17, 15) is 14.7 Å². The van der Waals surface area contributed by atoms with Crippen LogP contribution in [0.3, 0.4) is 0 Å². The molecule has 2 heterocycles. The summed E-state index contributed by atoms with van der Waals surface area (Å²) in [6.07, 6.45) is 1.63. The Morgan fingerprint density at radius 2 is 1.89 bits per heavy atom. The van der Waals surface area contributed by atoms with Gasteiger partial charge in [-0.2, -0.15) is 0 Å². The number of hydrogen-bond acceptors (Lipinski definition) is 8. The van der Waals surface area contributed by atoms with Crippen LogP contribution in [-0.2, 0) is 11.3 Å². The van der Waals surface area contributed by atoms with Crippen LogP contribution in [0.2, 0.25) is 0 Å². The summed E-state index contributed by atoms with van der Waals surface area (Å²) in [6.45, 7) is 7.42. The molecule has 3 aromatic rings. The molecule has 3 rings (SSSR count). The van der Waals surface area contributed by atoms with Crippen molar-refractivity contribution in [3.63, 3.8) is 0 Å². The fourth-order valence-electron chi connectivity index (χ4n) is 3.40. The third-order valence-corrected chi connectivity index (χ3v) is 7.53. The Bertz CT molecular complexity index is 1160. The molecule has 0 saturated heterocycles. The highest BCUT2D eigenvalue weighted by molar-refractivity contribution is 7.99. The van der Waals surface area contributed by atoms with E-state index in [1.807, 2.05) is 49.4 Å². The minimum atomic E-state index is -1.23. The lowest BCUT2D eigenvalue weighted by molar-refractivity contribution is -0.135. The average molecular weight is 513 g/mol. The minimum Gasteiger partial charge on any atom is -0.383 e. The molecule has 0 spiro atoms. The zero-order valence-electron chi connectivity index (χ0n) is 20.4. The molecule has 7 nitrogen and oxygen atoms in total. The number of carbonyl (C=O) groups excluding carboxylic acids is 2. The van der Waals surface area contributed by atoms with Crippen LogP contribution in [0.4, 0.5) is 0 Å². The Balaban J connectivity index is 1.92. The molecule has 186 valence electrons. The van der Waals surface area contributed by atoms with Gasteiger partial charge in [0, 0.05) is 23.2 Å². The van der Waals surface area contributed by atoms with Crippen molar-refractivity contribution in [1.29, 1.82) is 0 Å². The third-order valence-electron chi connectivity index (χ3n) is 5.35. The van der Waals surface area contributed by atoms with Gasteiger partial charge in [0.25, 0.3) is 0 Å². The molecule has 1 aromatic carbocycles. The van der Waals surface area contributed by atoms with Gasteiger partial charge in [0.05, 0.1) is 16.6 Å². The molecule has 4 N–H and O–H groups in total. The SMILES string of the molecule is CCC[C@H](NC(=O)[C@@H](O)C(C)(C)C)C(=O)c1nc(CN)c(-c2cccnc2Sc2ccccc2)s1. The van der Waals surface area contributed by atoms with Crippen LogP contribution < -0.4 is 11.1 Å². The predicted molar refractivity (Wildman–Crippen MR) is 140 cm³/mol. The van der Waals surface area contributed by atoms with E-state index in [0.717, 1.165) is 20.4 Å². The summed E-state index contributed by atoms with van der Waals surface area (Å²) >= 11 is 2.79. The lowest BCUT2D eigenvalue weighted by Crippen LogP contribution is -2.49. The maximum Gasteiger partial charge on any atom is 0.249 e. The van der Waals surface area contributed by atoms with E-state index < -0.39 is 23.5 Å². The van der Waals surface area contributed by atoms with E-state index in [1.54, 1.807) is 27.0 Å². The van der Waals surface area contributed by atoms with Crippen LogP contribution in [0.25, 0.3) is 10.4 Å². The van der Waals surface area contributed by atoms with Crippen LogP contribution in [0, 0.1) is 5.41 Å². The summed E-state index contributed by atoms with van der Waals surface area (Å²) in [5.74, 6) is -0.845. The van der Waals surface area contributed by atoms with Crippen molar-refractivity contribution in [1.82, 2.24) is 15.3 Å². The number of benzene rings is 1. The third kappa shape index (κ3) is 6.76. The number of aliphatic hydroxyl groups is 1. The molecular weight excluding hydrogens is 480 g/mol. The second-order valence-corrected chi connectivity index (χ2v) is 11.3. The largest absolute Gasteiger partial charge is 0.383 e. The Morgan fingerprint density at radius 1 is 1.17 bits per heavy atom. The molecule has 1 amide bonds. The van der Waals surface area contributed by atoms with Gasteiger partial charge in [0.1, 0.15) is 11.1 Å². The van der Waals surface area contributed by atoms with E-state index >= 15 is 0 Å². The number of aliphatic hydroxyl groups excluding tert-OH is 1. The van der Waals surface area contributed by atoms with E-state index in [0.29, 0.717) is 18.5 Å². The van der Waals surface area contributed by atoms with Gasteiger partial charge in [-0.3, -0.25) is 9.59 Å². The first-order chi connectivity index (χ1) is 16.7. The molecule has 2 atom stereocenters. The van der Waals surface area contributed by atoms with Gasteiger partial charge in [0.15, 0.2) is 5.01 Å². The Kier molecular flexibility index (Phi) is 9.18.